The molecule has 12 nitrogen and oxygen atoms in total. The number of piperazine rings is 1. The molecule has 0 saturated carbocycles. The van der Waals surface area contributed by atoms with Crippen LogP contribution in [0, 0.1) is 11.3 Å². The Morgan fingerprint density at radius 3 is 2.41 bits per heavy atom. The van der Waals surface area contributed by atoms with E-state index in [9.17, 15) is 14.9 Å². The topological polar surface area (TPSA) is 147 Å². The maximum Gasteiger partial charge on any atom is 0.335 e. The number of imidazole rings is 1. The normalized spacial score (nSPS) is 15.6. The monoisotopic (exact) mass is 595 g/mol. The number of amides is 1. The fourth-order valence-electron chi connectivity index (χ4n) is 5.39. The van der Waals surface area contributed by atoms with E-state index in [1.54, 1.807) is 37.3 Å². The molecule has 4 aromatic rings. The molecule has 0 bridgehead atoms. The number of ether oxygens (including phenoxy) is 1. The lowest BCUT2D eigenvalue weighted by Crippen LogP contribution is -2.53. The number of carbonyl (C=O) groups is 1. The Balaban J connectivity index is 1.37. The Morgan fingerprint density at radius 1 is 1.09 bits per heavy atom. The minimum absolute atomic E-state index is 0.0277. The molecule has 0 aliphatic carbocycles. The zero-order chi connectivity index (χ0) is 31.4. The number of rotatable bonds is 9. The highest BCUT2D eigenvalue weighted by atomic mass is 16.5. The van der Waals surface area contributed by atoms with E-state index in [4.69, 9.17) is 10.5 Å². The van der Waals surface area contributed by atoms with Gasteiger partial charge in [0.2, 0.25) is 0 Å². The average molecular weight is 596 g/mol. The van der Waals surface area contributed by atoms with E-state index in [0.29, 0.717) is 28.4 Å². The molecule has 44 heavy (non-hydrogen) atoms. The third-order valence-electron chi connectivity index (χ3n) is 7.82. The number of hydrogen-bond acceptors (Lipinski definition) is 9. The maximum absolute atomic E-state index is 13.8. The fourth-order valence-corrected chi connectivity index (χ4v) is 5.39. The molecule has 3 heterocycles. The van der Waals surface area contributed by atoms with Crippen LogP contribution in [-0.4, -0.2) is 79.6 Å². The van der Waals surface area contributed by atoms with Gasteiger partial charge in [-0.3, -0.25) is 18.8 Å². The predicted molar refractivity (Wildman–Crippen MR) is 169 cm³/mol. The van der Waals surface area contributed by atoms with Gasteiger partial charge in [-0.15, -0.1) is 0 Å². The van der Waals surface area contributed by atoms with Gasteiger partial charge in [0.25, 0.3) is 5.91 Å². The number of anilines is 1. The van der Waals surface area contributed by atoms with Gasteiger partial charge in [-0.1, -0.05) is 18.2 Å². The van der Waals surface area contributed by atoms with E-state index in [2.05, 4.69) is 38.2 Å². The number of aromatic nitrogens is 4. The fraction of sp³-hybridized carbons (Fsp3) is 0.344. The predicted octanol–water partition coefficient (Wildman–Crippen LogP) is 2.94. The highest BCUT2D eigenvalue weighted by Gasteiger charge is 2.29. The van der Waals surface area contributed by atoms with Crippen LogP contribution in [0.25, 0.3) is 16.9 Å². The molecule has 1 fully saturated rings. The van der Waals surface area contributed by atoms with Gasteiger partial charge in [0.15, 0.2) is 11.5 Å². The van der Waals surface area contributed by atoms with Crippen LogP contribution in [-0.2, 0) is 11.3 Å². The number of para-hydroxylation sites is 1. The van der Waals surface area contributed by atoms with Gasteiger partial charge >= 0.3 is 5.69 Å². The average Bonchev–Trinajstić information content (AvgIpc) is 3.28. The van der Waals surface area contributed by atoms with Crippen molar-refractivity contribution in [1.29, 1.82) is 5.26 Å². The van der Waals surface area contributed by atoms with Crippen LogP contribution in [0.4, 0.5) is 5.82 Å². The van der Waals surface area contributed by atoms with Crippen LogP contribution >= 0.6 is 0 Å². The van der Waals surface area contributed by atoms with Crippen LogP contribution in [0.1, 0.15) is 20.8 Å². The molecule has 2 aromatic heterocycles. The van der Waals surface area contributed by atoms with Crippen LogP contribution in [0.3, 0.4) is 0 Å². The Labute approximate surface area is 256 Å². The molecule has 2 aromatic carbocycles. The molecule has 3 N–H and O–H groups in total. The van der Waals surface area contributed by atoms with Crippen LogP contribution in [0.2, 0.25) is 0 Å². The summed E-state index contributed by atoms with van der Waals surface area (Å²) >= 11 is 0. The second-order valence-electron chi connectivity index (χ2n) is 11.6. The molecule has 1 aliphatic rings. The number of likely N-dealkylation sites (N-methyl/N-ethyl adjacent to an activating group) is 1. The summed E-state index contributed by atoms with van der Waals surface area (Å²) in [6.07, 6.45) is 3.02. The molecule has 1 saturated heterocycles. The van der Waals surface area contributed by atoms with Crippen molar-refractivity contribution in [3.05, 3.63) is 83.1 Å². The first-order valence-corrected chi connectivity index (χ1v) is 14.5. The Hall–Kier alpha value is -4.99. The van der Waals surface area contributed by atoms with Gasteiger partial charge in [-0.05, 0) is 70.3 Å². The van der Waals surface area contributed by atoms with Crippen LogP contribution < -0.4 is 21.5 Å². The lowest BCUT2D eigenvalue weighted by atomic mass is 9.97. The summed E-state index contributed by atoms with van der Waals surface area (Å²) in [7, 11) is 2.08. The van der Waals surface area contributed by atoms with Crippen molar-refractivity contribution in [2.45, 2.75) is 38.9 Å². The lowest BCUT2D eigenvalue weighted by Gasteiger charge is -2.41. The van der Waals surface area contributed by atoms with Crippen molar-refractivity contribution in [2.75, 3.05) is 39.0 Å². The van der Waals surface area contributed by atoms with Gasteiger partial charge in [0.1, 0.15) is 35.0 Å². The van der Waals surface area contributed by atoms with E-state index in [1.165, 1.54) is 15.5 Å². The van der Waals surface area contributed by atoms with Crippen molar-refractivity contribution in [3.63, 3.8) is 0 Å². The molecule has 0 unspecified atom stereocenters. The number of hydrogen-bond donors (Lipinski definition) is 2. The van der Waals surface area contributed by atoms with E-state index < -0.39 is 23.2 Å². The van der Waals surface area contributed by atoms with Gasteiger partial charge in [-0.25, -0.2) is 14.8 Å². The SMILES string of the molecule is C[C@@H](Cn1c(=O)n(-c2ccc(Oc3ccccc3)cc2)c2c(N)ncnc21)NC(=O)C(C#N)=CC(C)(C)N1CCN(C)CC1. The molecular formula is C32H37N9O3. The Bertz CT molecular complexity index is 1760. The third kappa shape index (κ3) is 6.49. The molecular weight excluding hydrogens is 558 g/mol. The largest absolute Gasteiger partial charge is 0.457 e. The molecule has 1 amide bonds. The number of nitrogen functional groups attached to an aromatic ring is 1. The van der Waals surface area contributed by atoms with Crippen LogP contribution in [0.15, 0.2) is 77.4 Å². The maximum atomic E-state index is 13.8. The molecule has 1 atom stereocenters. The van der Waals surface area contributed by atoms with E-state index in [1.807, 2.05) is 44.2 Å². The number of nitrogens with zero attached hydrogens (tertiary/aromatic N) is 7. The third-order valence-corrected chi connectivity index (χ3v) is 7.82. The quantitative estimate of drug-likeness (QED) is 0.220. The smallest absolute Gasteiger partial charge is 0.335 e. The Morgan fingerprint density at radius 2 is 1.75 bits per heavy atom. The van der Waals surface area contributed by atoms with Crippen LogP contribution in [0.5, 0.6) is 11.5 Å². The first-order valence-electron chi connectivity index (χ1n) is 14.5. The summed E-state index contributed by atoms with van der Waals surface area (Å²) in [4.78, 5) is 40.0. The molecule has 0 radical (unpaired) electrons. The van der Waals surface area contributed by atoms with Gasteiger partial charge < -0.3 is 20.7 Å². The second-order valence-corrected chi connectivity index (χ2v) is 11.6. The number of nitrogens with one attached hydrogen (secondary N) is 1. The number of fused-ring (bicyclic) bond motifs is 1. The lowest BCUT2D eigenvalue weighted by molar-refractivity contribution is -0.117. The van der Waals surface area contributed by atoms with E-state index >= 15 is 0 Å². The molecule has 1 aliphatic heterocycles. The van der Waals surface area contributed by atoms with Crippen molar-refractivity contribution in [1.82, 2.24) is 34.2 Å². The van der Waals surface area contributed by atoms with Gasteiger partial charge in [-0.2, -0.15) is 5.26 Å². The first-order chi connectivity index (χ1) is 21.1. The first kappa shape index (κ1) is 30.5. The van der Waals surface area contributed by atoms with Crippen molar-refractivity contribution >= 4 is 22.9 Å². The zero-order valence-electron chi connectivity index (χ0n) is 25.4. The van der Waals surface area contributed by atoms with E-state index in [0.717, 1.165) is 26.2 Å². The zero-order valence-corrected chi connectivity index (χ0v) is 25.4. The van der Waals surface area contributed by atoms with Crippen molar-refractivity contribution in [2.24, 2.45) is 0 Å². The summed E-state index contributed by atoms with van der Waals surface area (Å²) in [5, 5.41) is 12.7. The molecule has 12 heteroatoms. The molecule has 228 valence electrons. The molecule has 0 spiro atoms. The summed E-state index contributed by atoms with van der Waals surface area (Å²) < 4.78 is 8.79. The summed E-state index contributed by atoms with van der Waals surface area (Å²) in [6, 6.07) is 18.0. The summed E-state index contributed by atoms with van der Waals surface area (Å²) in [6.45, 7) is 9.41. The Kier molecular flexibility index (Phi) is 8.80. The minimum Gasteiger partial charge on any atom is -0.457 e. The van der Waals surface area contributed by atoms with Gasteiger partial charge in [0.05, 0.1) is 5.69 Å². The molecule has 5 rings (SSSR count). The van der Waals surface area contributed by atoms with E-state index in [-0.39, 0.29) is 17.9 Å². The van der Waals surface area contributed by atoms with Crippen molar-refractivity contribution < 1.29 is 9.53 Å². The summed E-state index contributed by atoms with van der Waals surface area (Å²) in [5.74, 6) is 0.949. The second kappa shape index (κ2) is 12.7. The number of benzene rings is 2. The number of carbonyl (C=O) groups excluding carboxylic acids is 1. The number of nitrogens with two attached hydrogens (primary N) is 1. The number of nitriles is 1. The summed E-state index contributed by atoms with van der Waals surface area (Å²) in [5.41, 5.74) is 6.64. The van der Waals surface area contributed by atoms with Crippen molar-refractivity contribution in [3.8, 4) is 23.3 Å². The minimum atomic E-state index is -0.513. The standard InChI is InChI=1S/C32H37N9O3/c1-22(37-30(42)23(19-33)18-32(2,3)39-16-14-38(4)15-17-39)20-40-29-27(28(34)35-21-36-29)41(31(40)43)24-10-12-26(13-11-24)44-25-8-6-5-7-9-25/h5-13,18,21-22H,14-17,20H2,1-4H3,(H,37,42)(H2,34,35,36)/t22-/m0/s1. The highest BCUT2D eigenvalue weighted by Crippen LogP contribution is 2.25. The highest BCUT2D eigenvalue weighted by molar-refractivity contribution is 5.97. The van der Waals surface area contributed by atoms with Gasteiger partial charge in [0, 0.05) is 44.3 Å².